The van der Waals surface area contributed by atoms with Gasteiger partial charge in [-0.05, 0) is 0 Å². The Kier molecular flexibility index (Phi) is 15.7. The van der Waals surface area contributed by atoms with Gasteiger partial charge in [0.15, 0.2) is 0 Å². The van der Waals surface area contributed by atoms with Crippen molar-refractivity contribution in [2.45, 2.75) is 77.3 Å². The van der Waals surface area contributed by atoms with E-state index >= 15 is 0 Å². The van der Waals surface area contributed by atoms with Crippen molar-refractivity contribution < 1.29 is 0 Å². The van der Waals surface area contributed by atoms with Gasteiger partial charge in [-0.15, -0.1) is 0 Å². The molecule has 0 spiro atoms. The molecule has 110 valence electrons. The first-order valence-electron chi connectivity index (χ1n) is 7.16. The van der Waals surface area contributed by atoms with Crippen LogP contribution in [-0.2, 0) is 0 Å². The summed E-state index contributed by atoms with van der Waals surface area (Å²) in [6.07, 6.45) is 10.9. The normalized spacial score (nSPS) is 13.5. The molecule has 0 amide bonds. The molecule has 0 saturated heterocycles. The third-order valence-electron chi connectivity index (χ3n) is 3.35. The number of unbranched alkanes of at least 4 members (excludes halogenated alkanes) is 2. The number of hydrogen-bond donors (Lipinski definition) is 0. The molecule has 0 bridgehead atoms. The summed E-state index contributed by atoms with van der Waals surface area (Å²) < 4.78 is 0. The molecular weight excluding hydrogens is 361 g/mol. The summed E-state index contributed by atoms with van der Waals surface area (Å²) in [4.78, 5) is 0. The summed E-state index contributed by atoms with van der Waals surface area (Å²) in [6, 6.07) is 0. The molecule has 0 aliphatic heterocycles. The van der Waals surface area contributed by atoms with Gasteiger partial charge >= 0.3 is 132 Å². The van der Waals surface area contributed by atoms with Crippen LogP contribution in [0.5, 0.6) is 0 Å². The van der Waals surface area contributed by atoms with Crippen molar-refractivity contribution in [3.63, 3.8) is 0 Å². The molecule has 7 heteroatoms. The maximum atomic E-state index is 5.09. The van der Waals surface area contributed by atoms with Gasteiger partial charge in [0.1, 0.15) is 0 Å². The molecule has 0 aromatic heterocycles. The summed E-state index contributed by atoms with van der Waals surface area (Å²) in [5.41, 5.74) is 0. The van der Waals surface area contributed by atoms with Gasteiger partial charge in [-0.2, -0.15) is 0 Å². The van der Waals surface area contributed by atoms with Gasteiger partial charge in [0.05, 0.1) is 0 Å². The van der Waals surface area contributed by atoms with Gasteiger partial charge in [0, 0.05) is 0 Å². The Bertz CT molecular complexity index is 332. The van der Waals surface area contributed by atoms with Crippen LogP contribution in [0.3, 0.4) is 0 Å². The molecule has 0 saturated carbocycles. The molecule has 0 nitrogen and oxygen atoms in total. The third-order valence-corrected chi connectivity index (χ3v) is 22.3. The molecule has 0 radical (unpaired) electrons. The molecule has 0 heterocycles. The Morgan fingerprint density at radius 1 is 0.947 bits per heavy atom. The van der Waals surface area contributed by atoms with Crippen molar-refractivity contribution in [3.8, 4) is 0 Å². The molecule has 0 N–H and O–H groups in total. The molecule has 0 fully saturated rings. The zero-order chi connectivity index (χ0) is 14.6. The Hall–Kier alpha value is 2.36. The molecule has 0 aromatic carbocycles. The van der Waals surface area contributed by atoms with E-state index < -0.39 is 0 Å². The van der Waals surface area contributed by atoms with E-state index in [2.05, 4.69) is 29.7 Å². The molecule has 2 unspecified atom stereocenters. The fraction of sp³-hybridized carbons (Fsp3) is 1.00. The molecule has 2 atom stereocenters. The van der Waals surface area contributed by atoms with E-state index in [1.165, 1.54) is 66.5 Å². The zero-order valence-corrected chi connectivity index (χ0v) is 18.9. The summed E-state index contributed by atoms with van der Waals surface area (Å²) in [7, 11) is 14.0. The minimum atomic E-state index is -0.135. The van der Waals surface area contributed by atoms with Gasteiger partial charge in [-0.25, -0.2) is 0 Å². The molecule has 19 heavy (non-hydrogen) atoms. The minimum absolute atomic E-state index is 0.135. The van der Waals surface area contributed by atoms with Crippen LogP contribution in [-0.4, -0.2) is 5.16 Å². The summed E-state index contributed by atoms with van der Waals surface area (Å²) in [6.45, 7) is 6.85. The van der Waals surface area contributed by atoms with Crippen molar-refractivity contribution in [2.24, 2.45) is 0 Å². The van der Waals surface area contributed by atoms with Crippen LogP contribution in [0.15, 0.2) is 0 Å². The van der Waals surface area contributed by atoms with Gasteiger partial charge in [-0.3, -0.25) is 0 Å². The third kappa shape index (κ3) is 9.17. The SMILES string of the molecule is CCCCC(CCC)(CCCC)P(#P)P=PP=PP. The van der Waals surface area contributed by atoms with Gasteiger partial charge in [0.25, 0.3) is 0 Å². The van der Waals surface area contributed by atoms with E-state index in [1.54, 1.807) is 15.1 Å². The second-order valence-corrected chi connectivity index (χ2v) is 19.7. The van der Waals surface area contributed by atoms with Crippen LogP contribution in [0.1, 0.15) is 72.1 Å². The zero-order valence-electron chi connectivity index (χ0n) is 12.4. The average Bonchev–Trinajstić information content (AvgIpc) is 2.42. The van der Waals surface area contributed by atoms with Crippen molar-refractivity contribution >= 4 is 54.2 Å². The first-order valence-corrected chi connectivity index (χ1v) is 17.7. The van der Waals surface area contributed by atoms with E-state index in [4.69, 9.17) is 8.34 Å². The second-order valence-electron chi connectivity index (χ2n) is 4.85. The summed E-state index contributed by atoms with van der Waals surface area (Å²) in [5, 5.41) is 0.557. The van der Waals surface area contributed by atoms with Crippen LogP contribution >= 0.6 is 54.2 Å². The van der Waals surface area contributed by atoms with E-state index in [0.29, 0.717) is 5.16 Å². The maximum absolute atomic E-state index is 5.09. The topological polar surface area (TPSA) is 0 Å². The van der Waals surface area contributed by atoms with Crippen molar-refractivity contribution in [1.29, 1.82) is 0 Å². The summed E-state index contributed by atoms with van der Waals surface area (Å²) >= 11 is 0. The predicted molar refractivity (Wildman–Crippen MR) is 108 cm³/mol. The Morgan fingerprint density at radius 2 is 1.53 bits per heavy atom. The van der Waals surface area contributed by atoms with Gasteiger partial charge in [-0.1, -0.05) is 0 Å². The summed E-state index contributed by atoms with van der Waals surface area (Å²) in [5.74, 6) is 0. The average molecular weight is 388 g/mol. The van der Waals surface area contributed by atoms with Crippen LogP contribution in [0.4, 0.5) is 0 Å². The van der Waals surface area contributed by atoms with Crippen LogP contribution in [0.25, 0.3) is 0 Å². The predicted octanol–water partition coefficient (Wildman–Crippen LogP) is 9.95. The first kappa shape index (κ1) is 21.4. The second kappa shape index (κ2) is 14.0. The fourth-order valence-electron chi connectivity index (χ4n) is 2.33. The van der Waals surface area contributed by atoms with Crippen LogP contribution in [0, 0.1) is 0 Å². The van der Waals surface area contributed by atoms with Crippen molar-refractivity contribution in [1.82, 2.24) is 0 Å². The van der Waals surface area contributed by atoms with Gasteiger partial charge in [0.2, 0.25) is 0 Å². The molecule has 0 aliphatic rings. The standard InChI is InChI=1S/C12H27P7/c1-4-7-10-12(9-6-3,11-8-5-2)19(14)18-17-16-15-13/h4-11,13H2,1-3H3. The fourth-order valence-corrected chi connectivity index (χ4v) is 23.6. The van der Waals surface area contributed by atoms with Crippen molar-refractivity contribution in [3.05, 3.63) is 0 Å². The Labute approximate surface area is 131 Å². The van der Waals surface area contributed by atoms with Gasteiger partial charge < -0.3 is 0 Å². The van der Waals surface area contributed by atoms with E-state index in [0.717, 1.165) is 0 Å². The molecule has 0 rings (SSSR count). The first-order chi connectivity index (χ1) is 9.16. The van der Waals surface area contributed by atoms with Crippen molar-refractivity contribution in [2.75, 3.05) is 0 Å². The molecular formula is C12H27P7. The molecule has 0 aliphatic carbocycles. The number of hydrogen-bond acceptors (Lipinski definition) is 0. The quantitative estimate of drug-likeness (QED) is 0.345. The number of rotatable bonds is 9. The van der Waals surface area contributed by atoms with Crippen LogP contribution < -0.4 is 0 Å². The van der Waals surface area contributed by atoms with E-state index in [1.807, 2.05) is 0 Å². The Balaban J connectivity index is 5.00. The van der Waals surface area contributed by atoms with Crippen LogP contribution in [0.2, 0.25) is 0 Å². The monoisotopic (exact) mass is 388 g/mol. The van der Waals surface area contributed by atoms with E-state index in [-0.39, 0.29) is 6.71 Å². The Morgan fingerprint density at radius 3 is 1.95 bits per heavy atom. The van der Waals surface area contributed by atoms with E-state index in [9.17, 15) is 0 Å². The molecule has 0 aromatic rings.